The smallest absolute Gasteiger partial charge is 0.202 e. The van der Waals surface area contributed by atoms with Crippen molar-refractivity contribution < 1.29 is 18.7 Å². The molecule has 110 valence electrons. The molecule has 0 aliphatic rings. The zero-order valence-electron chi connectivity index (χ0n) is 11.6. The highest BCUT2D eigenvalue weighted by atomic mass is 35.5. The van der Waals surface area contributed by atoms with Gasteiger partial charge in [0.25, 0.3) is 0 Å². The van der Waals surface area contributed by atoms with Crippen molar-refractivity contribution in [1.82, 2.24) is 0 Å². The second kappa shape index (κ2) is 6.59. The molecule has 0 heterocycles. The molecule has 0 amide bonds. The summed E-state index contributed by atoms with van der Waals surface area (Å²) in [6.45, 7) is 1.61. The lowest BCUT2D eigenvalue weighted by Crippen LogP contribution is -2.23. The molecule has 2 rings (SSSR count). The van der Waals surface area contributed by atoms with Crippen LogP contribution in [-0.2, 0) is 0 Å². The highest BCUT2D eigenvalue weighted by Crippen LogP contribution is 2.22. The fraction of sp³-hybridized carbons (Fsp3) is 0.188. The van der Waals surface area contributed by atoms with Crippen molar-refractivity contribution in [2.75, 3.05) is 7.11 Å². The Balaban J connectivity index is 2.09. The number of ketones is 1. The number of hydrogen-bond donors (Lipinski definition) is 0. The van der Waals surface area contributed by atoms with Crippen LogP contribution in [0.25, 0.3) is 0 Å². The van der Waals surface area contributed by atoms with Gasteiger partial charge in [0.15, 0.2) is 6.10 Å². The van der Waals surface area contributed by atoms with Gasteiger partial charge in [-0.1, -0.05) is 11.6 Å². The van der Waals surface area contributed by atoms with Crippen LogP contribution in [0, 0.1) is 5.82 Å². The van der Waals surface area contributed by atoms with Crippen LogP contribution in [0.2, 0.25) is 5.02 Å². The summed E-state index contributed by atoms with van der Waals surface area (Å²) >= 11 is 5.59. The summed E-state index contributed by atoms with van der Waals surface area (Å²) in [5.74, 6) is 0.137. The second-order valence-electron chi connectivity index (χ2n) is 4.43. The van der Waals surface area contributed by atoms with E-state index in [-0.39, 0.29) is 16.6 Å². The van der Waals surface area contributed by atoms with Crippen LogP contribution >= 0.6 is 11.6 Å². The molecular formula is C16H14ClFO3. The van der Waals surface area contributed by atoms with E-state index in [1.165, 1.54) is 12.1 Å². The van der Waals surface area contributed by atoms with Gasteiger partial charge < -0.3 is 9.47 Å². The minimum absolute atomic E-state index is 0.0106. The summed E-state index contributed by atoms with van der Waals surface area (Å²) < 4.78 is 23.8. The van der Waals surface area contributed by atoms with E-state index in [2.05, 4.69) is 0 Å². The fourth-order valence-electron chi connectivity index (χ4n) is 1.80. The first-order chi connectivity index (χ1) is 10.0. The molecule has 1 unspecified atom stereocenters. The molecule has 0 saturated carbocycles. The molecule has 0 fully saturated rings. The van der Waals surface area contributed by atoms with Gasteiger partial charge in [0.1, 0.15) is 17.3 Å². The van der Waals surface area contributed by atoms with Crippen molar-refractivity contribution in [3.8, 4) is 11.5 Å². The summed E-state index contributed by atoms with van der Waals surface area (Å²) in [6, 6.07) is 10.8. The SMILES string of the molecule is COc1ccc(C(=O)C(C)Oc2ccc(Cl)c(F)c2)cc1. The van der Waals surface area contributed by atoms with Crippen LogP contribution in [0.1, 0.15) is 17.3 Å². The van der Waals surface area contributed by atoms with Crippen LogP contribution in [0.3, 0.4) is 0 Å². The van der Waals surface area contributed by atoms with E-state index in [4.69, 9.17) is 21.1 Å². The molecule has 0 aromatic heterocycles. The minimum Gasteiger partial charge on any atom is -0.497 e. The number of carbonyl (C=O) groups excluding carboxylic acids is 1. The number of methoxy groups -OCH3 is 1. The van der Waals surface area contributed by atoms with E-state index in [1.807, 2.05) is 0 Å². The van der Waals surface area contributed by atoms with Crippen molar-refractivity contribution >= 4 is 17.4 Å². The third-order valence-corrected chi connectivity index (χ3v) is 3.25. The molecule has 5 heteroatoms. The van der Waals surface area contributed by atoms with Crippen molar-refractivity contribution in [2.24, 2.45) is 0 Å². The molecule has 0 aliphatic carbocycles. The largest absolute Gasteiger partial charge is 0.497 e. The van der Waals surface area contributed by atoms with E-state index in [9.17, 15) is 9.18 Å². The van der Waals surface area contributed by atoms with Gasteiger partial charge in [-0.15, -0.1) is 0 Å². The number of benzene rings is 2. The number of ether oxygens (including phenoxy) is 2. The Morgan fingerprint density at radius 1 is 1.14 bits per heavy atom. The topological polar surface area (TPSA) is 35.5 Å². The Bertz CT molecular complexity index is 640. The van der Waals surface area contributed by atoms with Crippen LogP contribution < -0.4 is 9.47 Å². The summed E-state index contributed by atoms with van der Waals surface area (Å²) in [5.41, 5.74) is 0.498. The number of rotatable bonds is 5. The normalized spacial score (nSPS) is 11.8. The Morgan fingerprint density at radius 3 is 2.33 bits per heavy atom. The Morgan fingerprint density at radius 2 is 1.76 bits per heavy atom. The molecule has 0 saturated heterocycles. The lowest BCUT2D eigenvalue weighted by atomic mass is 10.1. The minimum atomic E-state index is -0.737. The number of carbonyl (C=O) groups is 1. The highest BCUT2D eigenvalue weighted by Gasteiger charge is 2.17. The van der Waals surface area contributed by atoms with Crippen molar-refractivity contribution in [3.63, 3.8) is 0 Å². The molecule has 2 aromatic rings. The first kappa shape index (κ1) is 15.3. The van der Waals surface area contributed by atoms with E-state index in [0.717, 1.165) is 6.07 Å². The number of hydrogen-bond acceptors (Lipinski definition) is 3. The average Bonchev–Trinajstić information content (AvgIpc) is 2.50. The molecule has 0 N–H and O–H groups in total. The Kier molecular flexibility index (Phi) is 4.81. The first-order valence-electron chi connectivity index (χ1n) is 6.31. The molecule has 1 atom stereocenters. The van der Waals surface area contributed by atoms with Crippen LogP contribution in [0.5, 0.6) is 11.5 Å². The van der Waals surface area contributed by atoms with E-state index >= 15 is 0 Å². The zero-order chi connectivity index (χ0) is 15.4. The molecule has 0 radical (unpaired) electrons. The molecule has 0 spiro atoms. The predicted molar refractivity (Wildman–Crippen MR) is 78.8 cm³/mol. The maximum atomic E-state index is 13.3. The van der Waals surface area contributed by atoms with E-state index in [0.29, 0.717) is 11.3 Å². The third kappa shape index (κ3) is 3.73. The standard InChI is InChI=1S/C16H14ClFO3/c1-10(21-13-7-8-14(17)15(18)9-13)16(19)11-3-5-12(20-2)6-4-11/h3-10H,1-2H3. The van der Waals surface area contributed by atoms with E-state index in [1.54, 1.807) is 38.3 Å². The van der Waals surface area contributed by atoms with Gasteiger partial charge in [0.05, 0.1) is 12.1 Å². The summed E-state index contributed by atoms with van der Waals surface area (Å²) in [7, 11) is 1.55. The van der Waals surface area contributed by atoms with Gasteiger partial charge in [-0.2, -0.15) is 0 Å². The maximum absolute atomic E-state index is 13.3. The lowest BCUT2D eigenvalue weighted by Gasteiger charge is -2.14. The monoisotopic (exact) mass is 308 g/mol. The van der Waals surface area contributed by atoms with Crippen molar-refractivity contribution in [3.05, 3.63) is 58.9 Å². The van der Waals surface area contributed by atoms with E-state index < -0.39 is 11.9 Å². The lowest BCUT2D eigenvalue weighted by molar-refractivity contribution is 0.0817. The van der Waals surface area contributed by atoms with Gasteiger partial charge in [-0.05, 0) is 43.3 Å². The molecule has 0 aliphatic heterocycles. The molecular weight excluding hydrogens is 295 g/mol. The Labute approximate surface area is 127 Å². The molecule has 2 aromatic carbocycles. The summed E-state index contributed by atoms with van der Waals surface area (Å²) in [6.07, 6.45) is -0.737. The third-order valence-electron chi connectivity index (χ3n) is 2.95. The van der Waals surface area contributed by atoms with Crippen LogP contribution in [0.4, 0.5) is 4.39 Å². The highest BCUT2D eigenvalue weighted by molar-refractivity contribution is 6.30. The average molecular weight is 309 g/mol. The first-order valence-corrected chi connectivity index (χ1v) is 6.69. The summed E-state index contributed by atoms with van der Waals surface area (Å²) in [4.78, 5) is 12.2. The Hall–Kier alpha value is -2.07. The van der Waals surface area contributed by atoms with Crippen molar-refractivity contribution in [2.45, 2.75) is 13.0 Å². The number of Topliss-reactive ketones (excluding diaryl/α,β-unsaturated/α-hetero) is 1. The molecule has 0 bridgehead atoms. The molecule has 3 nitrogen and oxygen atoms in total. The zero-order valence-corrected chi connectivity index (χ0v) is 12.4. The predicted octanol–water partition coefficient (Wildman–Crippen LogP) is 4.14. The van der Waals surface area contributed by atoms with Gasteiger partial charge in [0, 0.05) is 11.6 Å². The van der Waals surface area contributed by atoms with Crippen molar-refractivity contribution in [1.29, 1.82) is 0 Å². The van der Waals surface area contributed by atoms with Crippen LogP contribution in [0.15, 0.2) is 42.5 Å². The van der Waals surface area contributed by atoms with Gasteiger partial charge in [-0.3, -0.25) is 4.79 Å². The van der Waals surface area contributed by atoms with Gasteiger partial charge >= 0.3 is 0 Å². The number of halogens is 2. The fourth-order valence-corrected chi connectivity index (χ4v) is 1.92. The quantitative estimate of drug-likeness (QED) is 0.779. The van der Waals surface area contributed by atoms with Crippen LogP contribution in [-0.4, -0.2) is 19.0 Å². The second-order valence-corrected chi connectivity index (χ2v) is 4.84. The maximum Gasteiger partial charge on any atom is 0.202 e. The molecule has 21 heavy (non-hydrogen) atoms. The van der Waals surface area contributed by atoms with Gasteiger partial charge in [-0.25, -0.2) is 4.39 Å². The van der Waals surface area contributed by atoms with Gasteiger partial charge in [0.2, 0.25) is 5.78 Å². The summed E-state index contributed by atoms with van der Waals surface area (Å²) in [5, 5.41) is 0.0106.